The lowest BCUT2D eigenvalue weighted by Crippen LogP contribution is -2.25. The molecular weight excluding hydrogens is 346 g/mol. The van der Waals surface area contributed by atoms with E-state index in [0.717, 1.165) is 22.4 Å². The fourth-order valence-electron chi connectivity index (χ4n) is 2.78. The molecule has 0 unspecified atom stereocenters. The van der Waals surface area contributed by atoms with Crippen molar-refractivity contribution in [1.82, 2.24) is 5.32 Å². The molecule has 0 aliphatic heterocycles. The smallest absolute Gasteiger partial charge is 0.225 e. The lowest BCUT2D eigenvalue weighted by molar-refractivity contribution is -0.120. The minimum absolute atomic E-state index is 0.0402. The second-order valence-electron chi connectivity index (χ2n) is 6.42. The van der Waals surface area contributed by atoms with E-state index in [1.54, 1.807) is 0 Å². The van der Waals surface area contributed by atoms with Crippen LogP contribution in [0.25, 0.3) is 11.1 Å². The first-order valence-corrected chi connectivity index (χ1v) is 9.27. The fraction of sp³-hybridized carbons (Fsp3) is 0.160. The molecule has 0 fully saturated rings. The second-order valence-corrected chi connectivity index (χ2v) is 6.42. The maximum Gasteiger partial charge on any atom is 0.225 e. The summed E-state index contributed by atoms with van der Waals surface area (Å²) in [6.45, 7) is 2.62. The molecule has 0 saturated carbocycles. The average Bonchev–Trinajstić information content (AvgIpc) is 2.73. The van der Waals surface area contributed by atoms with E-state index in [1.165, 1.54) is 5.56 Å². The van der Waals surface area contributed by atoms with E-state index in [9.17, 15) is 4.79 Å². The van der Waals surface area contributed by atoms with Gasteiger partial charge in [-0.1, -0.05) is 84.6 Å². The quantitative estimate of drug-likeness (QED) is 0.654. The molecule has 0 atom stereocenters. The highest BCUT2D eigenvalue weighted by atomic mass is 16.5. The molecule has 0 radical (unpaired) electrons. The average molecular weight is 369 g/mol. The summed E-state index contributed by atoms with van der Waals surface area (Å²) >= 11 is 0. The molecule has 28 heavy (non-hydrogen) atoms. The van der Waals surface area contributed by atoms with Crippen LogP contribution in [0.1, 0.15) is 11.1 Å². The van der Waals surface area contributed by atoms with Crippen LogP contribution in [-0.4, -0.2) is 19.1 Å². The number of carbonyl (C=O) groups excluding carboxylic acids is 1. The summed E-state index contributed by atoms with van der Waals surface area (Å²) in [6.07, 6.45) is 0.344. The lowest BCUT2D eigenvalue weighted by Gasteiger charge is -2.05. The van der Waals surface area contributed by atoms with E-state index in [2.05, 4.69) is 29.3 Å². The van der Waals surface area contributed by atoms with Crippen LogP contribution in [0.4, 0.5) is 0 Å². The summed E-state index contributed by atoms with van der Waals surface area (Å²) in [5.41, 5.74) is 4.37. The Kier molecular flexibility index (Phi) is 6.87. The second kappa shape index (κ2) is 9.99. The third-order valence-corrected chi connectivity index (χ3v) is 4.32. The first kappa shape index (κ1) is 19.3. The van der Waals surface area contributed by atoms with Gasteiger partial charge in [0.2, 0.25) is 5.91 Å². The lowest BCUT2D eigenvalue weighted by atomic mass is 10.0. The van der Waals surface area contributed by atoms with Crippen LogP contribution in [0.5, 0.6) is 5.75 Å². The van der Waals surface area contributed by atoms with E-state index in [0.29, 0.717) is 19.6 Å². The molecule has 1 N–H and O–H groups in total. The Morgan fingerprint density at radius 1 is 0.857 bits per heavy atom. The van der Waals surface area contributed by atoms with E-state index >= 15 is 0 Å². The van der Waals surface area contributed by atoms with E-state index in [4.69, 9.17) is 4.74 Å². The van der Waals surface area contributed by atoms with Gasteiger partial charge in [0.15, 0.2) is 0 Å². The minimum atomic E-state index is -0.0402. The largest absolute Gasteiger partial charge is 0.481 e. The van der Waals surface area contributed by atoms with Crippen LogP contribution >= 0.6 is 0 Å². The Morgan fingerprint density at radius 2 is 1.54 bits per heavy atom. The number of ether oxygens (including phenoxy) is 1. The van der Waals surface area contributed by atoms with Gasteiger partial charge >= 0.3 is 0 Å². The van der Waals surface area contributed by atoms with Crippen molar-refractivity contribution in [3.05, 3.63) is 90.0 Å². The standard InChI is InChI=1S/C25H23NO2/c1-20-9-5-6-12-24(20)28-18-8-7-17-26-25(27)19-21-13-15-23(16-14-21)22-10-3-2-4-11-22/h2-6,9-16H,17-19H2,1H3,(H,26,27). The summed E-state index contributed by atoms with van der Waals surface area (Å²) < 4.78 is 5.60. The predicted molar refractivity (Wildman–Crippen MR) is 113 cm³/mol. The van der Waals surface area contributed by atoms with Gasteiger partial charge in [-0.3, -0.25) is 4.79 Å². The van der Waals surface area contributed by atoms with Crippen molar-refractivity contribution in [3.63, 3.8) is 0 Å². The molecule has 0 spiro atoms. The van der Waals surface area contributed by atoms with Crippen molar-refractivity contribution in [2.75, 3.05) is 13.2 Å². The van der Waals surface area contributed by atoms with Gasteiger partial charge in [-0.25, -0.2) is 0 Å². The number of nitrogens with one attached hydrogen (secondary N) is 1. The number of benzene rings is 3. The molecule has 3 heteroatoms. The molecule has 140 valence electrons. The minimum Gasteiger partial charge on any atom is -0.481 e. The fourth-order valence-corrected chi connectivity index (χ4v) is 2.78. The normalized spacial score (nSPS) is 9.89. The maximum atomic E-state index is 12.1. The molecule has 3 aromatic carbocycles. The van der Waals surface area contributed by atoms with Gasteiger partial charge < -0.3 is 10.1 Å². The number of carbonyl (C=O) groups is 1. The molecule has 0 heterocycles. The van der Waals surface area contributed by atoms with Gasteiger partial charge in [-0.15, -0.1) is 0 Å². The van der Waals surface area contributed by atoms with Gasteiger partial charge in [-0.2, -0.15) is 0 Å². The SMILES string of the molecule is Cc1ccccc1OCC#CCNC(=O)Cc1ccc(-c2ccccc2)cc1. The zero-order valence-electron chi connectivity index (χ0n) is 15.9. The Labute approximate surface area is 166 Å². The number of aryl methyl sites for hydroxylation is 1. The summed E-state index contributed by atoms with van der Waals surface area (Å²) in [6, 6.07) is 26.1. The monoisotopic (exact) mass is 369 g/mol. The van der Waals surface area contributed by atoms with Crippen molar-refractivity contribution in [2.24, 2.45) is 0 Å². The Hall–Kier alpha value is -3.51. The third-order valence-electron chi connectivity index (χ3n) is 4.32. The summed E-state index contributed by atoms with van der Waals surface area (Å²) in [5.74, 6) is 6.63. The highest BCUT2D eigenvalue weighted by molar-refractivity contribution is 5.79. The molecule has 3 aromatic rings. The molecule has 0 bridgehead atoms. The predicted octanol–water partition coefficient (Wildman–Crippen LogP) is 4.40. The summed E-state index contributed by atoms with van der Waals surface area (Å²) in [7, 11) is 0. The zero-order valence-corrected chi connectivity index (χ0v) is 15.9. The van der Waals surface area contributed by atoms with Crippen molar-refractivity contribution < 1.29 is 9.53 Å². The zero-order chi connectivity index (χ0) is 19.6. The number of hydrogen-bond donors (Lipinski definition) is 1. The molecule has 0 aliphatic rings. The van der Waals surface area contributed by atoms with Crippen LogP contribution in [0.3, 0.4) is 0 Å². The van der Waals surface area contributed by atoms with E-state index in [-0.39, 0.29) is 5.91 Å². The van der Waals surface area contributed by atoms with Crippen LogP contribution in [0, 0.1) is 18.8 Å². The molecular formula is C25H23NO2. The summed E-state index contributed by atoms with van der Waals surface area (Å²) in [5, 5.41) is 2.82. The highest BCUT2D eigenvalue weighted by Crippen LogP contribution is 2.19. The number of rotatable bonds is 6. The highest BCUT2D eigenvalue weighted by Gasteiger charge is 2.03. The maximum absolute atomic E-state index is 12.1. The molecule has 0 aromatic heterocycles. The Bertz CT molecular complexity index is 967. The van der Waals surface area contributed by atoms with Gasteiger partial charge in [-0.05, 0) is 35.2 Å². The first-order chi connectivity index (χ1) is 13.7. The van der Waals surface area contributed by atoms with Crippen LogP contribution in [0.2, 0.25) is 0 Å². The number of amides is 1. The number of hydrogen-bond acceptors (Lipinski definition) is 2. The molecule has 0 aliphatic carbocycles. The van der Waals surface area contributed by atoms with Gasteiger partial charge in [0.1, 0.15) is 12.4 Å². The van der Waals surface area contributed by atoms with Crippen LogP contribution in [0.15, 0.2) is 78.9 Å². The van der Waals surface area contributed by atoms with Crippen molar-refractivity contribution >= 4 is 5.91 Å². The van der Waals surface area contributed by atoms with Gasteiger partial charge in [0, 0.05) is 0 Å². The molecule has 0 saturated heterocycles. The van der Waals surface area contributed by atoms with Crippen LogP contribution < -0.4 is 10.1 Å². The van der Waals surface area contributed by atoms with E-state index in [1.807, 2.05) is 73.7 Å². The van der Waals surface area contributed by atoms with Crippen molar-refractivity contribution in [3.8, 4) is 28.7 Å². The van der Waals surface area contributed by atoms with Crippen molar-refractivity contribution in [2.45, 2.75) is 13.3 Å². The van der Waals surface area contributed by atoms with E-state index < -0.39 is 0 Å². The number of para-hydroxylation sites is 1. The Morgan fingerprint density at radius 3 is 2.29 bits per heavy atom. The molecule has 3 nitrogen and oxygen atoms in total. The van der Waals surface area contributed by atoms with Gasteiger partial charge in [0.25, 0.3) is 0 Å². The first-order valence-electron chi connectivity index (χ1n) is 9.27. The topological polar surface area (TPSA) is 38.3 Å². The summed E-state index contributed by atoms with van der Waals surface area (Å²) in [4.78, 5) is 12.1. The van der Waals surface area contributed by atoms with Crippen LogP contribution in [-0.2, 0) is 11.2 Å². The van der Waals surface area contributed by atoms with Gasteiger partial charge in [0.05, 0.1) is 13.0 Å². The van der Waals surface area contributed by atoms with Crippen molar-refractivity contribution in [1.29, 1.82) is 0 Å². The molecule has 3 rings (SSSR count). The molecule has 1 amide bonds. The Balaban J connectivity index is 1.41. The third kappa shape index (κ3) is 5.75.